The van der Waals surface area contributed by atoms with Gasteiger partial charge in [0.15, 0.2) is 5.96 Å². The number of rotatable bonds is 6. The molecule has 130 valence electrons. The van der Waals surface area contributed by atoms with E-state index >= 15 is 0 Å². The quantitative estimate of drug-likeness (QED) is 0.408. The van der Waals surface area contributed by atoms with Crippen molar-refractivity contribution < 1.29 is 4.74 Å². The number of aliphatic imine (C=N–C) groups is 1. The first kappa shape index (κ1) is 18.8. The molecule has 1 fully saturated rings. The van der Waals surface area contributed by atoms with Crippen LogP contribution < -0.4 is 15.4 Å². The van der Waals surface area contributed by atoms with Gasteiger partial charge in [-0.3, -0.25) is 0 Å². The summed E-state index contributed by atoms with van der Waals surface area (Å²) in [5.74, 6) is 2.64. The van der Waals surface area contributed by atoms with E-state index in [9.17, 15) is 0 Å². The zero-order valence-corrected chi connectivity index (χ0v) is 16.7. The number of halogens is 1. The largest absolute Gasteiger partial charge is 0.497 e. The van der Waals surface area contributed by atoms with Gasteiger partial charge in [0.1, 0.15) is 5.75 Å². The van der Waals surface area contributed by atoms with Gasteiger partial charge in [0, 0.05) is 13.1 Å². The number of hydrogen-bond acceptors (Lipinski definition) is 2. The zero-order valence-electron chi connectivity index (χ0n) is 14.3. The van der Waals surface area contributed by atoms with Crippen molar-refractivity contribution in [3.63, 3.8) is 0 Å². The lowest BCUT2D eigenvalue weighted by atomic mass is 10.1. The molecule has 5 heteroatoms. The van der Waals surface area contributed by atoms with Crippen molar-refractivity contribution >= 4 is 40.7 Å². The third-order valence-corrected chi connectivity index (χ3v) is 4.13. The van der Waals surface area contributed by atoms with Gasteiger partial charge < -0.3 is 15.4 Å². The number of benzene rings is 2. The summed E-state index contributed by atoms with van der Waals surface area (Å²) in [5, 5.41) is 9.15. The van der Waals surface area contributed by atoms with Crippen LogP contribution in [0.3, 0.4) is 0 Å². The van der Waals surface area contributed by atoms with Crippen LogP contribution in [0.4, 0.5) is 0 Å². The molecule has 0 amide bonds. The normalized spacial score (nSPS) is 14.2. The number of ether oxygens (including phenoxy) is 1. The maximum absolute atomic E-state index is 5.27. The van der Waals surface area contributed by atoms with Gasteiger partial charge in [0.2, 0.25) is 0 Å². The van der Waals surface area contributed by atoms with Gasteiger partial charge in [-0.25, -0.2) is 4.99 Å². The molecule has 24 heavy (non-hydrogen) atoms. The van der Waals surface area contributed by atoms with Crippen molar-refractivity contribution in [1.82, 2.24) is 10.6 Å². The Kier molecular flexibility index (Phi) is 7.15. The number of fused-ring (bicyclic) bond motifs is 1. The highest BCUT2D eigenvalue weighted by atomic mass is 127. The number of hydrogen-bond donors (Lipinski definition) is 2. The molecule has 0 bridgehead atoms. The molecule has 4 nitrogen and oxygen atoms in total. The molecule has 2 aromatic carbocycles. The second-order valence-corrected chi connectivity index (χ2v) is 6.07. The van der Waals surface area contributed by atoms with E-state index < -0.39 is 0 Å². The van der Waals surface area contributed by atoms with Crippen LogP contribution in [-0.2, 0) is 6.54 Å². The van der Waals surface area contributed by atoms with E-state index in [0.717, 1.165) is 30.7 Å². The summed E-state index contributed by atoms with van der Waals surface area (Å²) in [5.41, 5.74) is 1.21. The van der Waals surface area contributed by atoms with E-state index in [-0.39, 0.29) is 24.0 Å². The average molecular weight is 439 g/mol. The maximum atomic E-state index is 5.27. The van der Waals surface area contributed by atoms with E-state index in [1.54, 1.807) is 7.11 Å². The number of nitrogens with zero attached hydrogens (tertiary/aromatic N) is 1. The fraction of sp³-hybridized carbons (Fsp3) is 0.421. The van der Waals surface area contributed by atoms with Gasteiger partial charge >= 0.3 is 0 Å². The van der Waals surface area contributed by atoms with Crippen molar-refractivity contribution in [2.45, 2.75) is 26.3 Å². The molecule has 1 saturated carbocycles. The first-order valence-electron chi connectivity index (χ1n) is 8.37. The van der Waals surface area contributed by atoms with Crippen molar-refractivity contribution in [2.75, 3.05) is 20.2 Å². The molecule has 2 aromatic rings. The second kappa shape index (κ2) is 9.11. The fourth-order valence-corrected chi connectivity index (χ4v) is 2.57. The molecule has 0 unspecified atom stereocenters. The predicted octanol–water partition coefficient (Wildman–Crippen LogP) is 3.93. The molecule has 0 aromatic heterocycles. The standard InChI is InChI=1S/C19H25N3O.HI/c1-3-20-19(21-12-14-4-5-14)22-13-15-6-7-17-11-18(23-2)9-8-16(17)10-15;/h6-11,14H,3-5,12-13H2,1-2H3,(H2,20,21,22);1H. The molecule has 0 heterocycles. The summed E-state index contributed by atoms with van der Waals surface area (Å²) in [6.07, 6.45) is 2.70. The lowest BCUT2D eigenvalue weighted by Gasteiger charge is -2.11. The molecule has 1 aliphatic carbocycles. The van der Waals surface area contributed by atoms with Gasteiger partial charge in [0.05, 0.1) is 13.7 Å². The van der Waals surface area contributed by atoms with E-state index in [4.69, 9.17) is 9.73 Å². The molecule has 0 radical (unpaired) electrons. The van der Waals surface area contributed by atoms with Crippen LogP contribution in [0.2, 0.25) is 0 Å². The summed E-state index contributed by atoms with van der Waals surface area (Å²) in [7, 11) is 1.70. The minimum Gasteiger partial charge on any atom is -0.497 e. The van der Waals surface area contributed by atoms with Crippen LogP contribution in [0.5, 0.6) is 5.75 Å². The molecule has 2 N–H and O–H groups in total. The first-order valence-corrected chi connectivity index (χ1v) is 8.37. The second-order valence-electron chi connectivity index (χ2n) is 6.07. The molecule has 0 atom stereocenters. The van der Waals surface area contributed by atoms with E-state index in [0.29, 0.717) is 6.54 Å². The van der Waals surface area contributed by atoms with Crippen LogP contribution in [-0.4, -0.2) is 26.2 Å². The van der Waals surface area contributed by atoms with Gasteiger partial charge in [-0.2, -0.15) is 0 Å². The Morgan fingerprint density at radius 2 is 1.88 bits per heavy atom. The van der Waals surface area contributed by atoms with Crippen LogP contribution >= 0.6 is 24.0 Å². The highest BCUT2D eigenvalue weighted by molar-refractivity contribution is 14.0. The van der Waals surface area contributed by atoms with Gasteiger partial charge in [-0.1, -0.05) is 18.2 Å². The van der Waals surface area contributed by atoms with Crippen molar-refractivity contribution in [3.8, 4) is 5.75 Å². The molecule has 1 aliphatic rings. The number of methoxy groups -OCH3 is 1. The highest BCUT2D eigenvalue weighted by Crippen LogP contribution is 2.27. The lowest BCUT2D eigenvalue weighted by Crippen LogP contribution is -2.38. The lowest BCUT2D eigenvalue weighted by molar-refractivity contribution is 0.415. The topological polar surface area (TPSA) is 45.7 Å². The SMILES string of the molecule is CCNC(=NCc1ccc2cc(OC)ccc2c1)NCC1CC1.I. The molecular formula is C19H26IN3O. The van der Waals surface area contributed by atoms with E-state index in [2.05, 4.69) is 47.9 Å². The van der Waals surface area contributed by atoms with E-state index in [1.807, 2.05) is 6.07 Å². The fourth-order valence-electron chi connectivity index (χ4n) is 2.57. The first-order chi connectivity index (χ1) is 11.3. The minimum absolute atomic E-state index is 0. The van der Waals surface area contributed by atoms with Gasteiger partial charge in [0.25, 0.3) is 0 Å². The molecule has 0 spiro atoms. The smallest absolute Gasteiger partial charge is 0.191 e. The van der Waals surface area contributed by atoms with Crippen LogP contribution in [0.1, 0.15) is 25.3 Å². The molecule has 0 saturated heterocycles. The Labute approximate surface area is 161 Å². The number of nitrogens with one attached hydrogen (secondary N) is 2. The predicted molar refractivity (Wildman–Crippen MR) is 111 cm³/mol. The number of guanidine groups is 1. The van der Waals surface area contributed by atoms with Crippen LogP contribution in [0.25, 0.3) is 10.8 Å². The Hall–Kier alpha value is -1.50. The van der Waals surface area contributed by atoms with Gasteiger partial charge in [-0.05, 0) is 60.2 Å². The zero-order chi connectivity index (χ0) is 16.1. The Balaban J connectivity index is 0.00000208. The summed E-state index contributed by atoms with van der Waals surface area (Å²) in [4.78, 5) is 4.69. The maximum Gasteiger partial charge on any atom is 0.191 e. The van der Waals surface area contributed by atoms with E-state index in [1.165, 1.54) is 29.2 Å². The monoisotopic (exact) mass is 439 g/mol. The van der Waals surface area contributed by atoms with Gasteiger partial charge in [-0.15, -0.1) is 24.0 Å². The Morgan fingerprint density at radius 3 is 2.58 bits per heavy atom. The highest BCUT2D eigenvalue weighted by Gasteiger charge is 2.20. The van der Waals surface area contributed by atoms with Crippen molar-refractivity contribution in [1.29, 1.82) is 0 Å². The molecular weight excluding hydrogens is 413 g/mol. The van der Waals surface area contributed by atoms with Crippen LogP contribution in [0.15, 0.2) is 41.4 Å². The van der Waals surface area contributed by atoms with Crippen LogP contribution in [0, 0.1) is 5.92 Å². The summed E-state index contributed by atoms with van der Waals surface area (Å²) >= 11 is 0. The Morgan fingerprint density at radius 1 is 1.12 bits per heavy atom. The summed E-state index contributed by atoms with van der Waals surface area (Å²) in [6, 6.07) is 12.6. The summed E-state index contributed by atoms with van der Waals surface area (Å²) in [6.45, 7) is 4.69. The average Bonchev–Trinajstić information content (AvgIpc) is 3.41. The summed E-state index contributed by atoms with van der Waals surface area (Å²) < 4.78 is 5.27. The third kappa shape index (κ3) is 5.26. The third-order valence-electron chi connectivity index (χ3n) is 4.13. The Bertz CT molecular complexity index is 698. The van der Waals surface area contributed by atoms with Crippen molar-refractivity contribution in [3.05, 3.63) is 42.0 Å². The van der Waals surface area contributed by atoms with Crippen molar-refractivity contribution in [2.24, 2.45) is 10.9 Å². The molecule has 0 aliphatic heterocycles. The minimum atomic E-state index is 0. The molecule has 3 rings (SSSR count).